The van der Waals surface area contributed by atoms with Gasteiger partial charge in [-0.25, -0.2) is 4.68 Å². The normalized spacial score (nSPS) is 12.8. The fourth-order valence-electron chi connectivity index (χ4n) is 1.25. The number of aromatic nitrogens is 3. The van der Waals surface area contributed by atoms with Gasteiger partial charge in [-0.1, -0.05) is 5.21 Å². The van der Waals surface area contributed by atoms with Gasteiger partial charge in [-0.05, 0) is 19.8 Å². The second-order valence-corrected chi connectivity index (χ2v) is 3.54. The highest BCUT2D eigenvalue weighted by Gasteiger charge is 2.10. The third-order valence-corrected chi connectivity index (χ3v) is 2.06. The molecule has 0 spiro atoms. The molecule has 0 aliphatic heterocycles. The topological polar surface area (TPSA) is 73.8 Å². The minimum atomic E-state index is 0.0816. The standard InChI is InChI=1S/C9H16N4O/c1-7(10)4-3-5-9(14)8-6-11-12-13(8)2/h6-7H,3-5,10H2,1-2H3. The van der Waals surface area contributed by atoms with E-state index in [9.17, 15) is 4.79 Å². The number of carbonyl (C=O) groups excluding carboxylic acids is 1. The van der Waals surface area contributed by atoms with Crippen molar-refractivity contribution in [1.82, 2.24) is 15.0 Å². The van der Waals surface area contributed by atoms with Gasteiger partial charge in [0.05, 0.1) is 6.20 Å². The number of carbonyl (C=O) groups is 1. The number of ketones is 1. The first-order chi connectivity index (χ1) is 6.61. The lowest BCUT2D eigenvalue weighted by Crippen LogP contribution is -2.15. The maximum Gasteiger partial charge on any atom is 0.182 e. The average Bonchev–Trinajstić information content (AvgIpc) is 2.50. The highest BCUT2D eigenvalue weighted by molar-refractivity contribution is 5.94. The zero-order valence-corrected chi connectivity index (χ0v) is 8.60. The van der Waals surface area contributed by atoms with Crippen LogP contribution in [-0.4, -0.2) is 26.8 Å². The summed E-state index contributed by atoms with van der Waals surface area (Å²) >= 11 is 0. The van der Waals surface area contributed by atoms with E-state index in [1.54, 1.807) is 7.05 Å². The van der Waals surface area contributed by atoms with Crippen LogP contribution >= 0.6 is 0 Å². The third-order valence-electron chi connectivity index (χ3n) is 2.06. The molecule has 0 saturated heterocycles. The number of aryl methyl sites for hydroxylation is 1. The maximum absolute atomic E-state index is 11.6. The first kappa shape index (κ1) is 10.8. The molecule has 1 aromatic heterocycles. The van der Waals surface area contributed by atoms with Crippen LogP contribution in [0.15, 0.2) is 6.20 Å². The van der Waals surface area contributed by atoms with E-state index < -0.39 is 0 Å². The van der Waals surface area contributed by atoms with Gasteiger partial charge in [0.15, 0.2) is 5.78 Å². The molecule has 0 amide bonds. The zero-order chi connectivity index (χ0) is 10.6. The molecular weight excluding hydrogens is 180 g/mol. The summed E-state index contributed by atoms with van der Waals surface area (Å²) in [7, 11) is 1.71. The average molecular weight is 196 g/mol. The van der Waals surface area contributed by atoms with E-state index >= 15 is 0 Å². The zero-order valence-electron chi connectivity index (χ0n) is 8.60. The monoisotopic (exact) mass is 196 g/mol. The van der Waals surface area contributed by atoms with Crippen molar-refractivity contribution < 1.29 is 4.79 Å². The van der Waals surface area contributed by atoms with Crippen molar-refractivity contribution in [2.24, 2.45) is 12.8 Å². The van der Waals surface area contributed by atoms with E-state index in [4.69, 9.17) is 5.73 Å². The second-order valence-electron chi connectivity index (χ2n) is 3.54. The van der Waals surface area contributed by atoms with Gasteiger partial charge in [-0.3, -0.25) is 4.79 Å². The molecule has 0 aliphatic carbocycles. The molecule has 1 atom stereocenters. The summed E-state index contributed by atoms with van der Waals surface area (Å²) in [6.07, 6.45) is 3.70. The van der Waals surface area contributed by atoms with E-state index in [2.05, 4.69) is 10.3 Å². The molecule has 2 N–H and O–H groups in total. The van der Waals surface area contributed by atoms with Gasteiger partial charge in [0.25, 0.3) is 0 Å². The number of rotatable bonds is 5. The van der Waals surface area contributed by atoms with E-state index in [1.165, 1.54) is 10.9 Å². The van der Waals surface area contributed by atoms with Crippen LogP contribution in [0.3, 0.4) is 0 Å². The van der Waals surface area contributed by atoms with Crippen LogP contribution < -0.4 is 5.73 Å². The van der Waals surface area contributed by atoms with Crippen molar-refractivity contribution >= 4 is 5.78 Å². The lowest BCUT2D eigenvalue weighted by molar-refractivity contribution is 0.0970. The summed E-state index contributed by atoms with van der Waals surface area (Å²) in [5, 5.41) is 7.36. The smallest absolute Gasteiger partial charge is 0.182 e. The quantitative estimate of drug-likeness (QED) is 0.696. The first-order valence-corrected chi connectivity index (χ1v) is 4.74. The van der Waals surface area contributed by atoms with E-state index in [1.807, 2.05) is 6.92 Å². The lowest BCUT2D eigenvalue weighted by atomic mass is 10.1. The molecule has 1 unspecified atom stereocenters. The summed E-state index contributed by atoms with van der Waals surface area (Å²) in [5.74, 6) is 0.0816. The molecule has 0 fully saturated rings. The largest absolute Gasteiger partial charge is 0.328 e. The molecule has 1 heterocycles. The van der Waals surface area contributed by atoms with E-state index in [0.717, 1.165) is 12.8 Å². The Balaban J connectivity index is 2.40. The van der Waals surface area contributed by atoms with Gasteiger partial charge in [0, 0.05) is 19.5 Å². The van der Waals surface area contributed by atoms with Crippen molar-refractivity contribution in [3.63, 3.8) is 0 Å². The maximum atomic E-state index is 11.6. The Hall–Kier alpha value is -1.23. The molecule has 14 heavy (non-hydrogen) atoms. The number of hydrogen-bond acceptors (Lipinski definition) is 4. The van der Waals surface area contributed by atoms with E-state index in [0.29, 0.717) is 12.1 Å². The van der Waals surface area contributed by atoms with Gasteiger partial charge < -0.3 is 5.73 Å². The lowest BCUT2D eigenvalue weighted by Gasteiger charge is -2.03. The molecule has 0 radical (unpaired) electrons. The van der Waals surface area contributed by atoms with Crippen LogP contribution in [0.4, 0.5) is 0 Å². The summed E-state index contributed by atoms with van der Waals surface area (Å²) in [5.41, 5.74) is 6.15. The second kappa shape index (κ2) is 4.85. The number of Topliss-reactive ketones (excluding diaryl/α,β-unsaturated/α-hetero) is 1. The number of hydrogen-bond donors (Lipinski definition) is 1. The molecule has 0 aliphatic rings. The Morgan fingerprint density at radius 3 is 2.93 bits per heavy atom. The summed E-state index contributed by atoms with van der Waals surface area (Å²) < 4.78 is 1.49. The van der Waals surface area contributed by atoms with Crippen LogP contribution in [0.5, 0.6) is 0 Å². The predicted molar refractivity (Wildman–Crippen MR) is 52.8 cm³/mol. The SMILES string of the molecule is CC(N)CCCC(=O)c1cnnn1C. The Kier molecular flexibility index (Phi) is 3.76. The third kappa shape index (κ3) is 2.92. The van der Waals surface area contributed by atoms with Crippen molar-refractivity contribution in [2.45, 2.75) is 32.2 Å². The summed E-state index contributed by atoms with van der Waals surface area (Å²) in [4.78, 5) is 11.6. The molecule has 5 heteroatoms. The minimum absolute atomic E-state index is 0.0816. The fraction of sp³-hybridized carbons (Fsp3) is 0.667. The van der Waals surface area contributed by atoms with Crippen LogP contribution in [0.1, 0.15) is 36.7 Å². The van der Waals surface area contributed by atoms with E-state index in [-0.39, 0.29) is 11.8 Å². The van der Waals surface area contributed by atoms with Gasteiger partial charge >= 0.3 is 0 Å². The van der Waals surface area contributed by atoms with Crippen LogP contribution in [0.2, 0.25) is 0 Å². The molecule has 5 nitrogen and oxygen atoms in total. The van der Waals surface area contributed by atoms with Gasteiger partial charge in [-0.15, -0.1) is 5.10 Å². The molecule has 0 bridgehead atoms. The van der Waals surface area contributed by atoms with Gasteiger partial charge in [-0.2, -0.15) is 0 Å². The van der Waals surface area contributed by atoms with Crippen LogP contribution in [-0.2, 0) is 7.05 Å². The Labute approximate surface area is 83.3 Å². The number of nitrogens with two attached hydrogens (primary N) is 1. The van der Waals surface area contributed by atoms with Gasteiger partial charge in [0.2, 0.25) is 0 Å². The van der Waals surface area contributed by atoms with Crippen molar-refractivity contribution in [1.29, 1.82) is 0 Å². The molecular formula is C9H16N4O. The minimum Gasteiger partial charge on any atom is -0.328 e. The first-order valence-electron chi connectivity index (χ1n) is 4.74. The number of nitrogens with zero attached hydrogens (tertiary/aromatic N) is 3. The summed E-state index contributed by atoms with van der Waals surface area (Å²) in [6, 6.07) is 0.160. The molecule has 1 rings (SSSR count). The van der Waals surface area contributed by atoms with Crippen molar-refractivity contribution in [3.05, 3.63) is 11.9 Å². The highest BCUT2D eigenvalue weighted by atomic mass is 16.1. The highest BCUT2D eigenvalue weighted by Crippen LogP contribution is 2.05. The van der Waals surface area contributed by atoms with Crippen LogP contribution in [0, 0.1) is 0 Å². The molecule has 0 aromatic carbocycles. The molecule has 78 valence electrons. The van der Waals surface area contributed by atoms with Crippen molar-refractivity contribution in [2.75, 3.05) is 0 Å². The molecule has 1 aromatic rings. The Bertz CT molecular complexity index is 306. The Morgan fingerprint density at radius 1 is 1.71 bits per heavy atom. The van der Waals surface area contributed by atoms with Crippen LogP contribution in [0.25, 0.3) is 0 Å². The molecule has 0 saturated carbocycles. The van der Waals surface area contributed by atoms with Gasteiger partial charge in [0.1, 0.15) is 5.69 Å². The Morgan fingerprint density at radius 2 is 2.43 bits per heavy atom. The fourth-order valence-corrected chi connectivity index (χ4v) is 1.25. The predicted octanol–water partition coefficient (Wildman–Crippen LogP) is 0.515. The summed E-state index contributed by atoms with van der Waals surface area (Å²) in [6.45, 7) is 1.94. The van der Waals surface area contributed by atoms with Crippen molar-refractivity contribution in [3.8, 4) is 0 Å².